The van der Waals surface area contributed by atoms with E-state index in [9.17, 15) is 13.2 Å². The number of nitrogens with one attached hydrogen (secondary N) is 1. The fraction of sp³-hybridized carbons (Fsp3) is 0.400. The van der Waals surface area contributed by atoms with Crippen LogP contribution in [0.3, 0.4) is 0 Å². The van der Waals surface area contributed by atoms with E-state index in [0.717, 1.165) is 0 Å². The molecule has 4 rings (SSSR count). The largest absolute Gasteiger partial charge is 0.454 e. The number of sulfonamides is 1. The van der Waals surface area contributed by atoms with Crippen molar-refractivity contribution < 1.29 is 22.7 Å². The molecule has 0 aliphatic carbocycles. The molecular weight excluding hydrogens is 440 g/mol. The first kappa shape index (κ1) is 21.9. The molecule has 3 heterocycles. The summed E-state index contributed by atoms with van der Waals surface area (Å²) in [6.07, 6.45) is 1.36. The number of amides is 1. The van der Waals surface area contributed by atoms with E-state index >= 15 is 0 Å². The van der Waals surface area contributed by atoms with Crippen molar-refractivity contribution in [2.24, 2.45) is 0 Å². The van der Waals surface area contributed by atoms with Gasteiger partial charge in [-0.25, -0.2) is 13.4 Å². The average Bonchev–Trinajstić information content (AvgIpc) is 3.22. The zero-order chi connectivity index (χ0) is 22.0. The van der Waals surface area contributed by atoms with Gasteiger partial charge in [-0.3, -0.25) is 4.79 Å². The van der Waals surface area contributed by atoms with Crippen LogP contribution in [0.2, 0.25) is 0 Å². The molecule has 0 radical (unpaired) electrons. The fourth-order valence-corrected chi connectivity index (χ4v) is 5.38. The smallest absolute Gasteiger partial charge is 0.244 e. The molecule has 1 fully saturated rings. The normalized spacial score (nSPS) is 18.0. The van der Waals surface area contributed by atoms with E-state index in [1.54, 1.807) is 37.3 Å². The fourth-order valence-electron chi connectivity index (χ4n) is 3.22. The molecule has 1 aromatic carbocycles. The minimum Gasteiger partial charge on any atom is -0.454 e. The Kier molecular flexibility index (Phi) is 6.37. The first-order valence-corrected chi connectivity index (χ1v) is 12.2. The van der Waals surface area contributed by atoms with Crippen LogP contribution in [0.4, 0.5) is 5.69 Å². The molecule has 0 saturated carbocycles. The second-order valence-electron chi connectivity index (χ2n) is 7.36. The van der Waals surface area contributed by atoms with Crippen LogP contribution in [-0.4, -0.2) is 73.8 Å². The van der Waals surface area contributed by atoms with Crippen molar-refractivity contribution in [2.75, 3.05) is 45.3 Å². The van der Waals surface area contributed by atoms with Crippen LogP contribution in [0.25, 0.3) is 0 Å². The van der Waals surface area contributed by atoms with Crippen LogP contribution in [0.5, 0.6) is 11.5 Å². The Labute approximate surface area is 185 Å². The number of likely N-dealkylation sites (N-methyl/N-ethyl adjacent to an activating group) is 1. The van der Waals surface area contributed by atoms with Gasteiger partial charge in [0.1, 0.15) is 4.90 Å². The third-order valence-electron chi connectivity index (χ3n) is 5.12. The highest BCUT2D eigenvalue weighted by Gasteiger charge is 2.28. The number of hydrogen-bond donors (Lipinski definition) is 1. The van der Waals surface area contributed by atoms with E-state index in [1.807, 2.05) is 7.05 Å². The molecule has 1 saturated heterocycles. The van der Waals surface area contributed by atoms with Gasteiger partial charge in [0.05, 0.1) is 10.3 Å². The SMILES string of the molecule is C[C@H](Sc1ccc(S(=O)(=O)N2CCN(C)CC2)cn1)C(=O)Nc1ccc2c(c1)OCO2. The predicted molar refractivity (Wildman–Crippen MR) is 117 cm³/mol. The van der Waals surface area contributed by atoms with Crippen molar-refractivity contribution in [3.63, 3.8) is 0 Å². The molecule has 31 heavy (non-hydrogen) atoms. The van der Waals surface area contributed by atoms with E-state index in [2.05, 4.69) is 15.2 Å². The van der Waals surface area contributed by atoms with E-state index < -0.39 is 15.3 Å². The molecule has 9 nitrogen and oxygen atoms in total. The van der Waals surface area contributed by atoms with Gasteiger partial charge in [0.25, 0.3) is 0 Å². The minimum atomic E-state index is -3.56. The highest BCUT2D eigenvalue weighted by molar-refractivity contribution is 8.00. The first-order chi connectivity index (χ1) is 14.8. The number of benzene rings is 1. The van der Waals surface area contributed by atoms with Crippen molar-refractivity contribution >= 4 is 33.4 Å². The Morgan fingerprint density at radius 3 is 2.58 bits per heavy atom. The number of carbonyl (C=O) groups excluding carboxylic acids is 1. The summed E-state index contributed by atoms with van der Waals surface area (Å²) in [4.78, 5) is 19.1. The zero-order valence-electron chi connectivity index (χ0n) is 17.3. The maximum Gasteiger partial charge on any atom is 0.244 e. The van der Waals surface area contributed by atoms with E-state index in [1.165, 1.54) is 22.3 Å². The number of hydrogen-bond acceptors (Lipinski definition) is 8. The highest BCUT2D eigenvalue weighted by atomic mass is 32.2. The molecule has 1 aromatic heterocycles. The quantitative estimate of drug-likeness (QED) is 0.647. The van der Waals surface area contributed by atoms with Crippen molar-refractivity contribution in [2.45, 2.75) is 22.1 Å². The number of ether oxygens (including phenoxy) is 2. The number of nitrogens with zero attached hydrogens (tertiary/aromatic N) is 3. The van der Waals surface area contributed by atoms with Crippen LogP contribution in [-0.2, 0) is 14.8 Å². The van der Waals surface area contributed by atoms with E-state index in [4.69, 9.17) is 9.47 Å². The lowest BCUT2D eigenvalue weighted by Crippen LogP contribution is -2.47. The molecule has 0 spiro atoms. The molecule has 11 heteroatoms. The van der Waals surface area contributed by atoms with Crippen LogP contribution < -0.4 is 14.8 Å². The molecular formula is C20H24N4O5S2. The van der Waals surface area contributed by atoms with Crippen molar-refractivity contribution in [3.8, 4) is 11.5 Å². The Morgan fingerprint density at radius 2 is 1.87 bits per heavy atom. The lowest BCUT2D eigenvalue weighted by Gasteiger charge is -2.31. The predicted octanol–water partition coefficient (Wildman–Crippen LogP) is 1.87. The van der Waals surface area contributed by atoms with Gasteiger partial charge in [-0.15, -0.1) is 0 Å². The van der Waals surface area contributed by atoms with Crippen LogP contribution in [0, 0.1) is 0 Å². The second-order valence-corrected chi connectivity index (χ2v) is 10.7. The van der Waals surface area contributed by atoms with Crippen molar-refractivity contribution in [1.82, 2.24) is 14.2 Å². The Bertz CT molecular complexity index is 1050. The van der Waals surface area contributed by atoms with Gasteiger partial charge in [0.15, 0.2) is 11.5 Å². The van der Waals surface area contributed by atoms with Gasteiger partial charge >= 0.3 is 0 Å². The molecule has 0 unspecified atom stereocenters. The lowest BCUT2D eigenvalue weighted by molar-refractivity contribution is -0.115. The minimum absolute atomic E-state index is 0.166. The second kappa shape index (κ2) is 9.03. The molecule has 1 atom stereocenters. The van der Waals surface area contributed by atoms with Crippen LogP contribution in [0.1, 0.15) is 6.92 Å². The third kappa shape index (κ3) is 4.95. The number of pyridine rings is 1. The molecule has 2 aliphatic heterocycles. The maximum atomic E-state index is 12.8. The summed E-state index contributed by atoms with van der Waals surface area (Å²) in [5, 5.41) is 2.99. The van der Waals surface area contributed by atoms with Crippen molar-refractivity contribution in [1.29, 1.82) is 0 Å². The standard InChI is InChI=1S/C20H24N4O5S2/c1-14(20(25)22-15-3-5-17-18(11-15)29-13-28-17)30-19-6-4-16(12-21-19)31(26,27)24-9-7-23(2)8-10-24/h3-6,11-12,14H,7-10,13H2,1-2H3,(H,22,25)/t14-/m0/s1. The zero-order valence-corrected chi connectivity index (χ0v) is 18.9. The average molecular weight is 465 g/mol. The monoisotopic (exact) mass is 464 g/mol. The Morgan fingerprint density at radius 1 is 1.13 bits per heavy atom. The number of anilines is 1. The number of aromatic nitrogens is 1. The summed E-state index contributed by atoms with van der Waals surface area (Å²) < 4.78 is 37.7. The van der Waals surface area contributed by atoms with Gasteiger partial charge in [-0.1, -0.05) is 11.8 Å². The molecule has 1 amide bonds. The Hall–Kier alpha value is -2.34. The van der Waals surface area contributed by atoms with Gasteiger partial charge in [0.2, 0.25) is 22.7 Å². The number of fused-ring (bicyclic) bond motifs is 1. The summed E-state index contributed by atoms with van der Waals surface area (Å²) in [6, 6.07) is 8.40. The summed E-state index contributed by atoms with van der Waals surface area (Å²) in [5.41, 5.74) is 0.614. The van der Waals surface area contributed by atoms with Gasteiger partial charge in [-0.05, 0) is 38.2 Å². The summed E-state index contributed by atoms with van der Waals surface area (Å²) in [6.45, 7) is 4.28. The molecule has 166 valence electrons. The number of rotatable bonds is 6. The highest BCUT2D eigenvalue weighted by Crippen LogP contribution is 2.34. The molecule has 2 aliphatic rings. The number of thioether (sulfide) groups is 1. The van der Waals surface area contributed by atoms with Gasteiger partial charge in [-0.2, -0.15) is 4.31 Å². The first-order valence-electron chi connectivity index (χ1n) is 9.85. The topological polar surface area (TPSA) is 101 Å². The van der Waals surface area contributed by atoms with E-state index in [0.29, 0.717) is 48.4 Å². The molecule has 1 N–H and O–H groups in total. The lowest BCUT2D eigenvalue weighted by atomic mass is 10.2. The summed E-state index contributed by atoms with van der Waals surface area (Å²) in [7, 11) is -1.59. The number of carbonyl (C=O) groups is 1. The van der Waals surface area contributed by atoms with Crippen LogP contribution >= 0.6 is 11.8 Å². The van der Waals surface area contributed by atoms with Gasteiger partial charge in [0, 0.05) is 44.1 Å². The number of piperazine rings is 1. The summed E-state index contributed by atoms with van der Waals surface area (Å²) >= 11 is 1.26. The van der Waals surface area contributed by atoms with Crippen molar-refractivity contribution in [3.05, 3.63) is 36.5 Å². The Balaban J connectivity index is 1.36. The van der Waals surface area contributed by atoms with Gasteiger partial charge < -0.3 is 19.7 Å². The van der Waals surface area contributed by atoms with Crippen LogP contribution in [0.15, 0.2) is 46.5 Å². The summed E-state index contributed by atoms with van der Waals surface area (Å²) in [5.74, 6) is 1.05. The maximum absolute atomic E-state index is 12.8. The molecule has 0 bridgehead atoms. The molecule has 2 aromatic rings. The third-order valence-corrected chi connectivity index (χ3v) is 8.05. The van der Waals surface area contributed by atoms with E-state index in [-0.39, 0.29) is 17.6 Å².